The molecule has 0 aromatic heterocycles. The van der Waals surface area contributed by atoms with Crippen LogP contribution in [0.5, 0.6) is 0 Å². The van der Waals surface area contributed by atoms with Crippen molar-refractivity contribution in [3.05, 3.63) is 34.9 Å². The van der Waals surface area contributed by atoms with E-state index in [2.05, 4.69) is 4.74 Å². The molecule has 0 fully saturated rings. The number of halogens is 4. The molecule has 1 aromatic carbocycles. The van der Waals surface area contributed by atoms with Crippen LogP contribution in [0, 0.1) is 23.3 Å². The average molecular weight is 237 g/mol. The molecular weight excluding hydrogens is 230 g/mol. The van der Waals surface area contributed by atoms with E-state index in [9.17, 15) is 22.4 Å². The summed E-state index contributed by atoms with van der Waals surface area (Å²) < 4.78 is 55.9. The summed E-state index contributed by atoms with van der Waals surface area (Å²) in [6.45, 7) is 0. The Bertz CT molecular complexity index is 410. The van der Waals surface area contributed by atoms with Crippen molar-refractivity contribution in [3.63, 3.8) is 0 Å². The van der Waals surface area contributed by atoms with Gasteiger partial charge in [0.25, 0.3) is 0 Å². The van der Waals surface area contributed by atoms with E-state index >= 15 is 0 Å². The Morgan fingerprint density at radius 3 is 2.06 bits per heavy atom. The molecule has 2 N–H and O–H groups in total. The number of carbonyl (C=O) groups is 1. The number of carbonyl (C=O) groups excluding carboxylic acids is 1. The number of methoxy groups -OCH3 is 1. The van der Waals surface area contributed by atoms with Gasteiger partial charge in [0, 0.05) is 6.07 Å². The Morgan fingerprint density at radius 2 is 1.69 bits per heavy atom. The zero-order valence-electron chi connectivity index (χ0n) is 8.06. The summed E-state index contributed by atoms with van der Waals surface area (Å²) in [4.78, 5) is 10.9. The standard InChI is InChI=1S/C9H7F4NO2/c1-16-9(15)8(14)5-6(12)3(10)2-4(11)7(5)13/h2,8H,14H2,1H3/t8-/m0/s1. The normalized spacial score (nSPS) is 12.4. The minimum absolute atomic E-state index is 0.0260. The SMILES string of the molecule is COC(=O)[C@@H](N)c1c(F)c(F)cc(F)c1F. The first-order valence-corrected chi connectivity index (χ1v) is 4.06. The molecule has 3 nitrogen and oxygen atoms in total. The van der Waals surface area contributed by atoms with Crippen LogP contribution >= 0.6 is 0 Å². The molecule has 7 heteroatoms. The van der Waals surface area contributed by atoms with Crippen molar-refractivity contribution in [2.75, 3.05) is 7.11 Å². The molecule has 1 aromatic rings. The Balaban J connectivity index is 3.37. The van der Waals surface area contributed by atoms with Gasteiger partial charge in [-0.25, -0.2) is 17.6 Å². The second-order valence-corrected chi connectivity index (χ2v) is 2.88. The highest BCUT2D eigenvalue weighted by atomic mass is 19.2. The number of hydrogen-bond acceptors (Lipinski definition) is 3. The van der Waals surface area contributed by atoms with Gasteiger partial charge in [-0.05, 0) is 0 Å². The highest BCUT2D eigenvalue weighted by molar-refractivity contribution is 5.77. The van der Waals surface area contributed by atoms with E-state index in [-0.39, 0.29) is 6.07 Å². The van der Waals surface area contributed by atoms with Crippen LogP contribution in [0.4, 0.5) is 17.6 Å². The van der Waals surface area contributed by atoms with Gasteiger partial charge >= 0.3 is 5.97 Å². The van der Waals surface area contributed by atoms with Gasteiger partial charge < -0.3 is 10.5 Å². The molecule has 0 radical (unpaired) electrons. The van der Waals surface area contributed by atoms with Crippen LogP contribution in [0.15, 0.2) is 6.07 Å². The molecule has 0 aliphatic carbocycles. The fourth-order valence-corrected chi connectivity index (χ4v) is 1.11. The molecule has 0 saturated heterocycles. The van der Waals surface area contributed by atoms with Gasteiger partial charge in [-0.15, -0.1) is 0 Å². The fraction of sp³-hybridized carbons (Fsp3) is 0.222. The van der Waals surface area contributed by atoms with Gasteiger partial charge in [0.05, 0.1) is 12.7 Å². The van der Waals surface area contributed by atoms with Crippen LogP contribution in [-0.2, 0) is 9.53 Å². The molecule has 0 amide bonds. The van der Waals surface area contributed by atoms with Crippen molar-refractivity contribution in [2.45, 2.75) is 6.04 Å². The van der Waals surface area contributed by atoms with Crippen LogP contribution in [0.1, 0.15) is 11.6 Å². The number of benzene rings is 1. The van der Waals surface area contributed by atoms with E-state index in [4.69, 9.17) is 5.73 Å². The first-order valence-electron chi connectivity index (χ1n) is 4.06. The lowest BCUT2D eigenvalue weighted by atomic mass is 10.1. The van der Waals surface area contributed by atoms with Crippen LogP contribution in [0.2, 0.25) is 0 Å². The van der Waals surface area contributed by atoms with Crippen LogP contribution in [0.25, 0.3) is 0 Å². The number of esters is 1. The number of nitrogens with two attached hydrogens (primary N) is 1. The van der Waals surface area contributed by atoms with Crippen LogP contribution < -0.4 is 5.73 Å². The lowest BCUT2D eigenvalue weighted by Crippen LogP contribution is -2.26. The van der Waals surface area contributed by atoms with Gasteiger partial charge in [-0.1, -0.05) is 0 Å². The smallest absolute Gasteiger partial charge is 0.327 e. The maximum absolute atomic E-state index is 13.1. The maximum atomic E-state index is 13.1. The monoisotopic (exact) mass is 237 g/mol. The lowest BCUT2D eigenvalue weighted by molar-refractivity contribution is -0.142. The molecule has 0 aliphatic rings. The zero-order chi connectivity index (χ0) is 12.5. The molecule has 0 spiro atoms. The molecule has 1 atom stereocenters. The molecule has 88 valence electrons. The van der Waals surface area contributed by atoms with Gasteiger partial charge in [-0.2, -0.15) is 0 Å². The van der Waals surface area contributed by atoms with Crippen molar-refractivity contribution in [1.29, 1.82) is 0 Å². The molecule has 0 bridgehead atoms. The summed E-state index contributed by atoms with van der Waals surface area (Å²) >= 11 is 0. The summed E-state index contributed by atoms with van der Waals surface area (Å²) in [5, 5.41) is 0. The van der Waals surface area contributed by atoms with Crippen molar-refractivity contribution >= 4 is 5.97 Å². The Kier molecular flexibility index (Phi) is 3.48. The molecular formula is C9H7F4NO2. The maximum Gasteiger partial charge on any atom is 0.327 e. The minimum Gasteiger partial charge on any atom is -0.468 e. The Labute approximate surface area is 87.8 Å². The number of ether oxygens (including phenoxy) is 1. The van der Waals surface area contributed by atoms with Gasteiger partial charge in [0.2, 0.25) is 0 Å². The van der Waals surface area contributed by atoms with Gasteiger partial charge in [-0.3, -0.25) is 4.79 Å². The van der Waals surface area contributed by atoms with Gasteiger partial charge in [0.1, 0.15) is 6.04 Å². The average Bonchev–Trinajstić information content (AvgIpc) is 2.25. The predicted octanol–water partition coefficient (Wildman–Crippen LogP) is 1.42. The molecule has 0 aliphatic heterocycles. The second kappa shape index (κ2) is 4.48. The summed E-state index contributed by atoms with van der Waals surface area (Å²) in [5.74, 6) is -7.89. The van der Waals surface area contributed by atoms with E-state index in [0.717, 1.165) is 7.11 Å². The molecule has 1 rings (SSSR count). The van der Waals surface area contributed by atoms with Crippen molar-refractivity contribution in [1.82, 2.24) is 0 Å². The van der Waals surface area contributed by atoms with Gasteiger partial charge in [0.15, 0.2) is 23.3 Å². The Morgan fingerprint density at radius 1 is 1.25 bits per heavy atom. The molecule has 0 saturated carbocycles. The largest absolute Gasteiger partial charge is 0.468 e. The third kappa shape index (κ3) is 1.99. The van der Waals surface area contributed by atoms with E-state index in [1.165, 1.54) is 0 Å². The predicted molar refractivity (Wildman–Crippen MR) is 45.2 cm³/mol. The highest BCUT2D eigenvalue weighted by Gasteiger charge is 2.28. The second-order valence-electron chi connectivity index (χ2n) is 2.88. The molecule has 0 heterocycles. The highest BCUT2D eigenvalue weighted by Crippen LogP contribution is 2.24. The summed E-state index contributed by atoms with van der Waals surface area (Å²) in [6.07, 6.45) is 0. The fourth-order valence-electron chi connectivity index (χ4n) is 1.11. The molecule has 16 heavy (non-hydrogen) atoms. The van der Waals surface area contributed by atoms with E-state index in [0.29, 0.717) is 0 Å². The number of rotatable bonds is 2. The molecule has 0 unspecified atom stereocenters. The number of hydrogen-bond donors (Lipinski definition) is 1. The quantitative estimate of drug-likeness (QED) is 0.480. The van der Waals surface area contributed by atoms with E-state index in [1.54, 1.807) is 0 Å². The first-order chi connectivity index (χ1) is 7.40. The Hall–Kier alpha value is -1.63. The summed E-state index contributed by atoms with van der Waals surface area (Å²) in [7, 11) is 0.924. The zero-order valence-corrected chi connectivity index (χ0v) is 8.06. The third-order valence-electron chi connectivity index (χ3n) is 1.91. The van der Waals surface area contributed by atoms with Crippen molar-refractivity contribution in [3.8, 4) is 0 Å². The first kappa shape index (κ1) is 12.4. The van der Waals surface area contributed by atoms with E-state index in [1.807, 2.05) is 0 Å². The lowest BCUT2D eigenvalue weighted by Gasteiger charge is -2.12. The van der Waals surface area contributed by atoms with Crippen LogP contribution in [-0.4, -0.2) is 13.1 Å². The van der Waals surface area contributed by atoms with Crippen LogP contribution in [0.3, 0.4) is 0 Å². The minimum atomic E-state index is -1.92. The van der Waals surface area contributed by atoms with Crippen molar-refractivity contribution in [2.24, 2.45) is 5.73 Å². The third-order valence-corrected chi connectivity index (χ3v) is 1.91. The summed E-state index contributed by atoms with van der Waals surface area (Å²) in [5.41, 5.74) is 3.91. The van der Waals surface area contributed by atoms with E-state index < -0.39 is 40.8 Å². The summed E-state index contributed by atoms with van der Waals surface area (Å²) in [6, 6.07) is -1.90. The topological polar surface area (TPSA) is 52.3 Å². The van der Waals surface area contributed by atoms with Crippen molar-refractivity contribution < 1.29 is 27.1 Å².